The number of fused-ring (bicyclic) bond motifs is 1. The highest BCUT2D eigenvalue weighted by Crippen LogP contribution is 2.32. The number of ether oxygens (including phenoxy) is 1. The van der Waals surface area contributed by atoms with E-state index in [1.165, 1.54) is 12.1 Å². The fraction of sp³-hybridized carbons (Fsp3) is 0.600. The van der Waals surface area contributed by atoms with Crippen molar-refractivity contribution in [1.29, 1.82) is 0 Å². The number of carbonyl (C=O) groups excluding carboxylic acids is 2. The first-order valence-electron chi connectivity index (χ1n) is 9.63. The smallest absolute Gasteiger partial charge is 0.242 e. The highest BCUT2D eigenvalue weighted by Gasteiger charge is 2.26. The molecule has 1 aliphatic rings. The number of nitrogens with one attached hydrogen (secondary N) is 2. The molecule has 1 aromatic carbocycles. The molecule has 1 aliphatic heterocycles. The Kier molecular flexibility index (Phi) is 8.04. The van der Waals surface area contributed by atoms with Crippen molar-refractivity contribution in [1.82, 2.24) is 10.6 Å². The Labute approximate surface area is 166 Å². The molecule has 28 heavy (non-hydrogen) atoms. The molecular formula is C20H31FN4O3. The van der Waals surface area contributed by atoms with Crippen LogP contribution < -0.4 is 20.4 Å². The summed E-state index contributed by atoms with van der Waals surface area (Å²) in [6.07, 6.45) is 0.551. The largest absolute Gasteiger partial charge is 0.383 e. The molecule has 8 heteroatoms. The van der Waals surface area contributed by atoms with Gasteiger partial charge < -0.3 is 25.2 Å². The number of halogens is 1. The lowest BCUT2D eigenvalue weighted by atomic mass is 10.0. The first-order valence-corrected chi connectivity index (χ1v) is 9.63. The van der Waals surface area contributed by atoms with Crippen LogP contribution in [0.25, 0.3) is 0 Å². The zero-order valence-corrected chi connectivity index (χ0v) is 17.1. The first-order chi connectivity index (χ1) is 13.3. The molecule has 0 bridgehead atoms. The molecule has 156 valence electrons. The quantitative estimate of drug-likeness (QED) is 0.619. The number of likely N-dealkylation sites (N-methyl/N-ethyl adjacent to an activating group) is 1. The Balaban J connectivity index is 2.02. The van der Waals surface area contributed by atoms with Gasteiger partial charge in [-0.05, 0) is 30.5 Å². The second-order valence-electron chi connectivity index (χ2n) is 7.51. The van der Waals surface area contributed by atoms with Crippen LogP contribution >= 0.6 is 0 Å². The average Bonchev–Trinajstić information content (AvgIpc) is 2.63. The van der Waals surface area contributed by atoms with Crippen LogP contribution in [0.5, 0.6) is 0 Å². The van der Waals surface area contributed by atoms with Crippen LogP contribution in [0.15, 0.2) is 18.2 Å². The van der Waals surface area contributed by atoms with Crippen molar-refractivity contribution in [3.8, 4) is 0 Å². The monoisotopic (exact) mass is 394 g/mol. The Hall–Kier alpha value is -2.35. The second-order valence-corrected chi connectivity index (χ2v) is 7.51. The zero-order valence-electron chi connectivity index (χ0n) is 17.1. The van der Waals surface area contributed by atoms with E-state index in [1.807, 2.05) is 30.7 Å². The van der Waals surface area contributed by atoms with E-state index in [0.29, 0.717) is 32.7 Å². The van der Waals surface area contributed by atoms with E-state index in [0.717, 1.165) is 11.4 Å². The molecule has 0 saturated heterocycles. The van der Waals surface area contributed by atoms with Crippen molar-refractivity contribution in [3.05, 3.63) is 24.0 Å². The molecule has 0 saturated carbocycles. The number of rotatable bonds is 9. The highest BCUT2D eigenvalue weighted by molar-refractivity contribution is 5.90. The van der Waals surface area contributed by atoms with E-state index in [4.69, 9.17) is 4.74 Å². The van der Waals surface area contributed by atoms with Crippen LogP contribution in [0, 0.1) is 11.7 Å². The Bertz CT molecular complexity index is 683. The summed E-state index contributed by atoms with van der Waals surface area (Å²) in [4.78, 5) is 29.0. The number of nitrogens with zero attached hydrogens (tertiary/aromatic N) is 2. The summed E-state index contributed by atoms with van der Waals surface area (Å²) in [6, 6.07) is 3.97. The van der Waals surface area contributed by atoms with Crippen molar-refractivity contribution >= 4 is 23.2 Å². The molecule has 0 unspecified atom stereocenters. The van der Waals surface area contributed by atoms with Gasteiger partial charge in [-0.3, -0.25) is 9.59 Å². The fourth-order valence-electron chi connectivity index (χ4n) is 3.26. The van der Waals surface area contributed by atoms with Gasteiger partial charge in [0.2, 0.25) is 11.8 Å². The standard InChI is InChI=1S/C20H31FN4O3/c1-14(2)11-16(20(27)22-7-10-28-4)23-19(26)13-25-9-8-24(3)18-12-15(21)5-6-17(18)25/h5-6,12,14,16H,7-11,13H2,1-4H3,(H,22,27)(H,23,26)/t16-/m0/s1. The van der Waals surface area contributed by atoms with Gasteiger partial charge in [0.1, 0.15) is 11.9 Å². The molecule has 0 aromatic heterocycles. The van der Waals surface area contributed by atoms with Gasteiger partial charge in [-0.1, -0.05) is 13.8 Å². The molecule has 1 aromatic rings. The molecular weight excluding hydrogens is 363 g/mol. The zero-order chi connectivity index (χ0) is 20.7. The van der Waals surface area contributed by atoms with E-state index >= 15 is 0 Å². The summed E-state index contributed by atoms with van der Waals surface area (Å²) in [5, 5.41) is 5.64. The first kappa shape index (κ1) is 21.9. The number of hydrogen-bond acceptors (Lipinski definition) is 5. The van der Waals surface area contributed by atoms with Crippen LogP contribution in [0.3, 0.4) is 0 Å². The van der Waals surface area contributed by atoms with E-state index < -0.39 is 6.04 Å². The van der Waals surface area contributed by atoms with Gasteiger partial charge >= 0.3 is 0 Å². The van der Waals surface area contributed by atoms with Crippen LogP contribution in [-0.4, -0.2) is 64.8 Å². The maximum absolute atomic E-state index is 13.6. The lowest BCUT2D eigenvalue weighted by Gasteiger charge is -2.36. The highest BCUT2D eigenvalue weighted by atomic mass is 19.1. The molecule has 0 aliphatic carbocycles. The van der Waals surface area contributed by atoms with Crippen molar-refractivity contribution in [3.63, 3.8) is 0 Å². The maximum atomic E-state index is 13.6. The van der Waals surface area contributed by atoms with Gasteiger partial charge in [-0.2, -0.15) is 0 Å². The maximum Gasteiger partial charge on any atom is 0.242 e. The topological polar surface area (TPSA) is 73.9 Å². The van der Waals surface area contributed by atoms with Gasteiger partial charge in [-0.25, -0.2) is 4.39 Å². The van der Waals surface area contributed by atoms with Gasteiger partial charge in [0.05, 0.1) is 24.5 Å². The average molecular weight is 394 g/mol. The molecule has 2 N–H and O–H groups in total. The Morgan fingerprint density at radius 2 is 2.00 bits per heavy atom. The van der Waals surface area contributed by atoms with Crippen LogP contribution in [0.2, 0.25) is 0 Å². The minimum absolute atomic E-state index is 0.117. The van der Waals surface area contributed by atoms with Crippen LogP contribution in [0.4, 0.5) is 15.8 Å². The lowest BCUT2D eigenvalue weighted by molar-refractivity contribution is -0.128. The summed E-state index contributed by atoms with van der Waals surface area (Å²) in [7, 11) is 3.47. The SMILES string of the molecule is COCCNC(=O)[C@H](CC(C)C)NC(=O)CN1CCN(C)c2cc(F)ccc21. The predicted octanol–water partition coefficient (Wildman–Crippen LogP) is 1.38. The third-order valence-electron chi connectivity index (χ3n) is 4.69. The predicted molar refractivity (Wildman–Crippen MR) is 108 cm³/mol. The van der Waals surface area contributed by atoms with E-state index in [9.17, 15) is 14.0 Å². The fourth-order valence-corrected chi connectivity index (χ4v) is 3.26. The van der Waals surface area contributed by atoms with Gasteiger partial charge in [0, 0.05) is 33.8 Å². The summed E-state index contributed by atoms with van der Waals surface area (Å²) < 4.78 is 18.5. The van der Waals surface area contributed by atoms with Gasteiger partial charge in [0.25, 0.3) is 0 Å². The molecule has 2 rings (SSSR count). The second kappa shape index (κ2) is 10.3. The van der Waals surface area contributed by atoms with E-state index in [-0.39, 0.29) is 30.1 Å². The lowest BCUT2D eigenvalue weighted by Crippen LogP contribution is -2.51. The molecule has 0 fully saturated rings. The Morgan fingerprint density at radius 1 is 1.25 bits per heavy atom. The molecule has 2 amide bonds. The number of carbonyl (C=O) groups is 2. The normalized spacial score (nSPS) is 14.6. The van der Waals surface area contributed by atoms with Gasteiger partial charge in [-0.15, -0.1) is 0 Å². The number of anilines is 2. The van der Waals surface area contributed by atoms with E-state index in [2.05, 4.69) is 10.6 Å². The summed E-state index contributed by atoms with van der Waals surface area (Å²) in [5.41, 5.74) is 1.57. The summed E-state index contributed by atoms with van der Waals surface area (Å²) >= 11 is 0. The van der Waals surface area contributed by atoms with Crippen molar-refractivity contribution in [2.75, 3.05) is 56.7 Å². The van der Waals surface area contributed by atoms with Crippen LogP contribution in [-0.2, 0) is 14.3 Å². The van der Waals surface area contributed by atoms with Crippen molar-refractivity contribution < 1.29 is 18.7 Å². The number of methoxy groups -OCH3 is 1. The minimum Gasteiger partial charge on any atom is -0.383 e. The van der Waals surface area contributed by atoms with Crippen molar-refractivity contribution in [2.24, 2.45) is 5.92 Å². The third kappa shape index (κ3) is 6.09. The molecule has 0 spiro atoms. The third-order valence-corrected chi connectivity index (χ3v) is 4.69. The van der Waals surface area contributed by atoms with Crippen molar-refractivity contribution in [2.45, 2.75) is 26.3 Å². The molecule has 1 heterocycles. The Morgan fingerprint density at radius 3 is 2.68 bits per heavy atom. The summed E-state index contributed by atoms with van der Waals surface area (Å²) in [6.45, 7) is 6.29. The van der Waals surface area contributed by atoms with Crippen LogP contribution in [0.1, 0.15) is 20.3 Å². The molecule has 0 radical (unpaired) electrons. The number of benzene rings is 1. The number of amides is 2. The van der Waals surface area contributed by atoms with E-state index in [1.54, 1.807) is 13.2 Å². The summed E-state index contributed by atoms with van der Waals surface area (Å²) in [5.74, 6) is -0.486. The molecule has 1 atom stereocenters. The number of hydrogen-bond donors (Lipinski definition) is 2. The molecule has 7 nitrogen and oxygen atoms in total. The van der Waals surface area contributed by atoms with Gasteiger partial charge in [0.15, 0.2) is 0 Å². The minimum atomic E-state index is -0.593.